The van der Waals surface area contributed by atoms with Crippen molar-refractivity contribution in [2.75, 3.05) is 13.2 Å². The molecule has 0 atom stereocenters. The van der Waals surface area contributed by atoms with Gasteiger partial charge >= 0.3 is 29.6 Å². The Labute approximate surface area is 203 Å². The van der Waals surface area contributed by atoms with Crippen LogP contribution in [0.1, 0.15) is 157 Å². The average Bonchev–Trinajstić information content (AvgIpc) is 2.68. The number of rotatable bonds is 24. The summed E-state index contributed by atoms with van der Waals surface area (Å²) in [4.78, 5) is 0. The average molecular weight is 407 g/mol. The van der Waals surface area contributed by atoms with Gasteiger partial charge in [-0.25, -0.2) is 0 Å². The second-order valence-electron chi connectivity index (χ2n) is 8.68. The molecule has 28 heavy (non-hydrogen) atoms. The van der Waals surface area contributed by atoms with E-state index in [-0.39, 0.29) is 31.0 Å². The summed E-state index contributed by atoms with van der Waals surface area (Å²) in [7, 11) is 0. The van der Waals surface area contributed by atoms with Gasteiger partial charge in [0.25, 0.3) is 0 Å². The van der Waals surface area contributed by atoms with Crippen LogP contribution >= 0.6 is 0 Å². The molecule has 2 heteroatoms. The van der Waals surface area contributed by atoms with Crippen molar-refractivity contribution in [2.45, 2.75) is 155 Å². The maximum atomic E-state index is 5.80. The summed E-state index contributed by atoms with van der Waals surface area (Å²) < 4.78 is 5.80. The van der Waals surface area contributed by atoms with Crippen molar-refractivity contribution < 1.29 is 35.7 Å². The van der Waals surface area contributed by atoms with Crippen LogP contribution in [0.25, 0.3) is 0 Å². The van der Waals surface area contributed by atoms with Crippen LogP contribution in [0.2, 0.25) is 0 Å². The van der Waals surface area contributed by atoms with Crippen LogP contribution < -0.4 is 29.6 Å². The van der Waals surface area contributed by atoms with Gasteiger partial charge in [-0.2, -0.15) is 0 Å². The van der Waals surface area contributed by atoms with Crippen molar-refractivity contribution >= 4 is 0 Å². The van der Waals surface area contributed by atoms with Crippen molar-refractivity contribution in [1.82, 2.24) is 0 Å². The molecule has 0 aliphatic carbocycles. The Balaban J connectivity index is -0.00000338. The molecule has 0 spiro atoms. The van der Waals surface area contributed by atoms with Gasteiger partial charge in [0, 0.05) is 13.2 Å². The summed E-state index contributed by atoms with van der Waals surface area (Å²) in [5.74, 6) is 0. The second-order valence-corrected chi connectivity index (χ2v) is 8.68. The van der Waals surface area contributed by atoms with Crippen molar-refractivity contribution in [3.63, 3.8) is 0 Å². The second kappa shape index (κ2) is 30.2. The third kappa shape index (κ3) is 29.2. The molecule has 0 radical (unpaired) electrons. The molecular weight excluding hydrogens is 351 g/mol. The minimum atomic E-state index is 0. The van der Waals surface area contributed by atoms with Crippen LogP contribution in [0.3, 0.4) is 0 Å². The minimum absolute atomic E-state index is 0. The Kier molecular flexibility index (Phi) is 33.5. The van der Waals surface area contributed by atoms with Crippen molar-refractivity contribution in [3.05, 3.63) is 0 Å². The van der Waals surface area contributed by atoms with Gasteiger partial charge in [-0.15, -0.1) is 0 Å². The Morgan fingerprint density at radius 1 is 0.357 bits per heavy atom. The van der Waals surface area contributed by atoms with Gasteiger partial charge < -0.3 is 6.16 Å². The SMILES string of the molecule is CCCCCCCCCCCCCCOCCCCCCCCCCCC.[H-].[Na+]. The predicted molar refractivity (Wildman–Crippen MR) is 125 cm³/mol. The maximum absolute atomic E-state index is 5.80. The molecule has 0 aliphatic rings. The largest absolute Gasteiger partial charge is 1.00 e. The van der Waals surface area contributed by atoms with Gasteiger partial charge in [-0.05, 0) is 12.8 Å². The van der Waals surface area contributed by atoms with Crippen LogP contribution in [-0.2, 0) is 4.74 Å². The van der Waals surface area contributed by atoms with Gasteiger partial charge in [0.15, 0.2) is 0 Å². The first kappa shape index (κ1) is 31.1. The molecule has 0 aromatic rings. The summed E-state index contributed by atoms with van der Waals surface area (Å²) in [5.41, 5.74) is 0. The number of hydrogen-bond donors (Lipinski definition) is 0. The molecule has 0 N–H and O–H groups in total. The van der Waals surface area contributed by atoms with E-state index in [9.17, 15) is 0 Å². The Bertz CT molecular complexity index is 227. The summed E-state index contributed by atoms with van der Waals surface area (Å²) in [5, 5.41) is 0. The fourth-order valence-electron chi connectivity index (χ4n) is 3.84. The Morgan fingerprint density at radius 2 is 0.571 bits per heavy atom. The van der Waals surface area contributed by atoms with E-state index in [0.717, 1.165) is 13.2 Å². The summed E-state index contributed by atoms with van der Waals surface area (Å²) >= 11 is 0. The molecule has 0 aromatic carbocycles. The molecule has 0 fully saturated rings. The number of hydrogen-bond acceptors (Lipinski definition) is 1. The zero-order chi connectivity index (χ0) is 19.7. The molecule has 0 unspecified atom stereocenters. The summed E-state index contributed by atoms with van der Waals surface area (Å²) in [6.45, 7) is 6.58. The molecule has 0 heterocycles. The first-order valence-corrected chi connectivity index (χ1v) is 13.0. The predicted octanol–water partition coefficient (Wildman–Crippen LogP) is 6.74. The minimum Gasteiger partial charge on any atom is -1.00 e. The van der Waals surface area contributed by atoms with E-state index in [1.54, 1.807) is 0 Å². The van der Waals surface area contributed by atoms with Crippen molar-refractivity contribution in [3.8, 4) is 0 Å². The number of unbranched alkanes of at least 4 members (excludes halogenated alkanes) is 20. The molecule has 0 aliphatic heterocycles. The van der Waals surface area contributed by atoms with Crippen molar-refractivity contribution in [1.29, 1.82) is 0 Å². The smallest absolute Gasteiger partial charge is 1.00 e. The number of ether oxygens (including phenoxy) is 1. The van der Waals surface area contributed by atoms with Gasteiger partial charge in [-0.1, -0.05) is 142 Å². The molecule has 0 amide bonds. The van der Waals surface area contributed by atoms with Crippen molar-refractivity contribution in [2.24, 2.45) is 0 Å². The Morgan fingerprint density at radius 3 is 0.821 bits per heavy atom. The normalized spacial score (nSPS) is 10.9. The molecule has 166 valence electrons. The van der Waals surface area contributed by atoms with E-state index < -0.39 is 0 Å². The van der Waals surface area contributed by atoms with E-state index in [0.29, 0.717) is 0 Å². The zero-order valence-electron chi connectivity index (χ0n) is 21.4. The van der Waals surface area contributed by atoms with E-state index in [1.807, 2.05) is 0 Å². The molecule has 0 bridgehead atoms. The third-order valence-corrected chi connectivity index (χ3v) is 5.78. The van der Waals surface area contributed by atoms with Gasteiger partial charge in [0.05, 0.1) is 0 Å². The van der Waals surface area contributed by atoms with Crippen LogP contribution in [0.15, 0.2) is 0 Å². The van der Waals surface area contributed by atoms with Crippen LogP contribution in [-0.4, -0.2) is 13.2 Å². The van der Waals surface area contributed by atoms with Gasteiger partial charge in [0.2, 0.25) is 0 Å². The monoisotopic (exact) mass is 406 g/mol. The van der Waals surface area contributed by atoms with Crippen LogP contribution in [0.4, 0.5) is 0 Å². The van der Waals surface area contributed by atoms with Gasteiger partial charge in [-0.3, -0.25) is 0 Å². The fourth-order valence-corrected chi connectivity index (χ4v) is 3.84. The summed E-state index contributed by atoms with van der Waals surface area (Å²) in [6, 6.07) is 0. The van der Waals surface area contributed by atoms with Crippen LogP contribution in [0, 0.1) is 0 Å². The van der Waals surface area contributed by atoms with E-state index in [1.165, 1.54) is 141 Å². The molecule has 0 aromatic heterocycles. The molecule has 0 rings (SSSR count). The molecule has 1 nitrogen and oxygen atoms in total. The standard InChI is InChI=1S/C26H54O.Na.H/c1-3-5-7-9-11-13-15-16-18-20-22-24-26-27-25-23-21-19-17-14-12-10-8-6-4-2;;/h3-26H2,1-2H3;;/q;+1;-1. The van der Waals surface area contributed by atoms with E-state index >= 15 is 0 Å². The fraction of sp³-hybridized carbons (Fsp3) is 1.00. The summed E-state index contributed by atoms with van der Waals surface area (Å²) in [6.07, 6.45) is 31.1. The van der Waals surface area contributed by atoms with Crippen LogP contribution in [0.5, 0.6) is 0 Å². The molecule has 0 saturated heterocycles. The third-order valence-electron chi connectivity index (χ3n) is 5.78. The first-order chi connectivity index (χ1) is 13.4. The van der Waals surface area contributed by atoms with E-state index in [4.69, 9.17) is 4.74 Å². The van der Waals surface area contributed by atoms with E-state index in [2.05, 4.69) is 13.8 Å². The first-order valence-electron chi connectivity index (χ1n) is 13.0. The zero-order valence-corrected chi connectivity index (χ0v) is 22.4. The quantitative estimate of drug-likeness (QED) is 0.127. The molecule has 0 saturated carbocycles. The maximum Gasteiger partial charge on any atom is 1.00 e. The molecular formula is C26H55NaO. The topological polar surface area (TPSA) is 9.23 Å². The Hall–Kier alpha value is 0.960. The van der Waals surface area contributed by atoms with Gasteiger partial charge in [0.1, 0.15) is 0 Å².